The summed E-state index contributed by atoms with van der Waals surface area (Å²) in [5, 5.41) is 10.2. The molecule has 9 nitrogen and oxygen atoms in total. The fraction of sp³-hybridized carbons (Fsp3) is 0.194. The molecule has 202 valence electrons. The lowest BCUT2D eigenvalue weighted by Crippen LogP contribution is -2.46. The maximum absolute atomic E-state index is 12.9. The Kier molecular flexibility index (Phi) is 8.52. The van der Waals surface area contributed by atoms with Gasteiger partial charge in [-0.2, -0.15) is 0 Å². The van der Waals surface area contributed by atoms with E-state index >= 15 is 0 Å². The van der Waals surface area contributed by atoms with Gasteiger partial charge in [0, 0.05) is 47.1 Å². The van der Waals surface area contributed by atoms with Crippen molar-refractivity contribution in [2.45, 2.75) is 26.3 Å². The van der Waals surface area contributed by atoms with E-state index in [-0.39, 0.29) is 11.8 Å². The molecule has 4 aromatic rings. The molecule has 0 aliphatic carbocycles. The number of nitrogens with two attached hydrogens (primary N) is 1. The van der Waals surface area contributed by atoms with Crippen LogP contribution in [-0.4, -0.2) is 50.8 Å². The van der Waals surface area contributed by atoms with Gasteiger partial charge in [0.15, 0.2) is 0 Å². The molecule has 0 radical (unpaired) electrons. The molecule has 2 unspecified atom stereocenters. The third-order valence-corrected chi connectivity index (χ3v) is 6.82. The fourth-order valence-corrected chi connectivity index (χ4v) is 4.39. The third-order valence-electron chi connectivity index (χ3n) is 6.82. The lowest BCUT2D eigenvalue weighted by atomic mass is 9.97. The van der Waals surface area contributed by atoms with Crippen molar-refractivity contribution in [3.8, 4) is 23.1 Å². The SMILES string of the molecule is CCC(C)C(C(=O)O)N(C)C(=O)c1ccc(C#Cc2ccc(-c3cc(C(=O)NN)c4cnccc4n3)cc2)cc1. The van der Waals surface area contributed by atoms with Crippen LogP contribution in [0.5, 0.6) is 0 Å². The van der Waals surface area contributed by atoms with Crippen molar-refractivity contribution in [2.75, 3.05) is 7.05 Å². The Bertz CT molecular complexity index is 1620. The number of nitrogens with zero attached hydrogens (tertiary/aromatic N) is 3. The first-order valence-electron chi connectivity index (χ1n) is 12.7. The molecule has 4 N–H and O–H groups in total. The quantitative estimate of drug-likeness (QED) is 0.141. The number of amides is 2. The minimum atomic E-state index is -1.02. The smallest absolute Gasteiger partial charge is 0.326 e. The molecule has 0 saturated heterocycles. The Labute approximate surface area is 232 Å². The number of benzene rings is 2. The Morgan fingerprint density at radius 1 is 1.02 bits per heavy atom. The minimum Gasteiger partial charge on any atom is -0.480 e. The van der Waals surface area contributed by atoms with Crippen molar-refractivity contribution in [3.63, 3.8) is 0 Å². The first-order valence-corrected chi connectivity index (χ1v) is 12.7. The lowest BCUT2D eigenvalue weighted by Gasteiger charge is -2.29. The molecule has 0 bridgehead atoms. The van der Waals surface area contributed by atoms with Gasteiger partial charge in [0.05, 0.1) is 16.8 Å². The number of pyridine rings is 2. The number of nitrogens with one attached hydrogen (secondary N) is 1. The van der Waals surface area contributed by atoms with Crippen LogP contribution in [0.4, 0.5) is 0 Å². The highest BCUT2D eigenvalue weighted by Crippen LogP contribution is 2.25. The molecule has 0 aliphatic heterocycles. The summed E-state index contributed by atoms with van der Waals surface area (Å²) in [6, 6.07) is 16.7. The maximum atomic E-state index is 12.9. The molecule has 2 aromatic heterocycles. The van der Waals surface area contributed by atoms with Gasteiger partial charge in [0.2, 0.25) is 0 Å². The molecule has 2 heterocycles. The second kappa shape index (κ2) is 12.2. The molecular formula is C31H29N5O4. The number of fused-ring (bicyclic) bond motifs is 1. The zero-order valence-electron chi connectivity index (χ0n) is 22.4. The van der Waals surface area contributed by atoms with Gasteiger partial charge in [-0.3, -0.25) is 20.0 Å². The van der Waals surface area contributed by atoms with Gasteiger partial charge in [0.25, 0.3) is 11.8 Å². The van der Waals surface area contributed by atoms with Gasteiger partial charge in [0.1, 0.15) is 6.04 Å². The number of aromatic nitrogens is 2. The molecular weight excluding hydrogens is 506 g/mol. The number of aliphatic carboxylic acids is 1. The number of likely N-dealkylation sites (N-methyl/N-ethyl adjacent to an activating group) is 1. The van der Waals surface area contributed by atoms with E-state index in [2.05, 4.69) is 27.2 Å². The van der Waals surface area contributed by atoms with Gasteiger partial charge >= 0.3 is 5.97 Å². The summed E-state index contributed by atoms with van der Waals surface area (Å²) in [7, 11) is 1.52. The molecule has 4 rings (SSSR count). The first-order chi connectivity index (χ1) is 19.2. The van der Waals surface area contributed by atoms with Crippen LogP contribution in [0.2, 0.25) is 0 Å². The topological polar surface area (TPSA) is 139 Å². The van der Waals surface area contributed by atoms with Crippen molar-refractivity contribution in [2.24, 2.45) is 11.8 Å². The molecule has 2 aromatic carbocycles. The van der Waals surface area contributed by atoms with Crippen LogP contribution < -0.4 is 11.3 Å². The summed E-state index contributed by atoms with van der Waals surface area (Å²) in [6.07, 6.45) is 3.84. The largest absolute Gasteiger partial charge is 0.480 e. The number of nitrogen functional groups attached to an aromatic ring is 1. The number of carboxylic acids is 1. The normalized spacial score (nSPS) is 12.1. The van der Waals surface area contributed by atoms with Gasteiger partial charge in [-0.15, -0.1) is 0 Å². The molecule has 0 fully saturated rings. The summed E-state index contributed by atoms with van der Waals surface area (Å²) in [5.74, 6) is 9.57. The molecule has 2 atom stereocenters. The van der Waals surface area contributed by atoms with E-state index in [0.717, 1.165) is 11.1 Å². The van der Waals surface area contributed by atoms with Gasteiger partial charge < -0.3 is 10.0 Å². The van der Waals surface area contributed by atoms with Crippen molar-refractivity contribution < 1.29 is 19.5 Å². The maximum Gasteiger partial charge on any atom is 0.326 e. The second-order valence-electron chi connectivity index (χ2n) is 9.41. The Morgan fingerprint density at radius 3 is 2.23 bits per heavy atom. The monoisotopic (exact) mass is 535 g/mol. The molecule has 2 amide bonds. The molecule has 9 heteroatoms. The predicted octanol–water partition coefficient (Wildman–Crippen LogP) is 3.87. The second-order valence-corrected chi connectivity index (χ2v) is 9.41. The van der Waals surface area contributed by atoms with Crippen LogP contribution in [0.15, 0.2) is 73.1 Å². The van der Waals surface area contributed by atoms with E-state index < -0.39 is 17.9 Å². The van der Waals surface area contributed by atoms with Crippen LogP contribution >= 0.6 is 0 Å². The highest BCUT2D eigenvalue weighted by molar-refractivity contribution is 6.06. The number of hydrogen-bond acceptors (Lipinski definition) is 6. The van der Waals surface area contributed by atoms with Crippen molar-refractivity contribution in [1.29, 1.82) is 0 Å². The van der Waals surface area contributed by atoms with Crippen LogP contribution in [0.1, 0.15) is 52.1 Å². The molecule has 0 spiro atoms. The summed E-state index contributed by atoms with van der Waals surface area (Å²) in [5.41, 5.74) is 6.47. The summed E-state index contributed by atoms with van der Waals surface area (Å²) in [6.45, 7) is 3.72. The molecule has 0 aliphatic rings. The fourth-order valence-electron chi connectivity index (χ4n) is 4.39. The zero-order chi connectivity index (χ0) is 28.8. The van der Waals surface area contributed by atoms with E-state index in [4.69, 9.17) is 5.84 Å². The minimum absolute atomic E-state index is 0.176. The molecule has 0 saturated carbocycles. The van der Waals surface area contributed by atoms with Gasteiger partial charge in [-0.25, -0.2) is 15.6 Å². The average Bonchev–Trinajstić information content (AvgIpc) is 2.98. The summed E-state index contributed by atoms with van der Waals surface area (Å²) < 4.78 is 0. The van der Waals surface area contributed by atoms with E-state index in [1.807, 2.05) is 38.1 Å². The Morgan fingerprint density at radius 2 is 1.65 bits per heavy atom. The highest BCUT2D eigenvalue weighted by Gasteiger charge is 2.31. The van der Waals surface area contributed by atoms with Crippen molar-refractivity contribution >= 4 is 28.7 Å². The van der Waals surface area contributed by atoms with E-state index in [9.17, 15) is 19.5 Å². The van der Waals surface area contributed by atoms with Crippen LogP contribution in [0, 0.1) is 17.8 Å². The van der Waals surface area contributed by atoms with Crippen LogP contribution in [0.3, 0.4) is 0 Å². The third kappa shape index (κ3) is 5.98. The number of carbonyl (C=O) groups excluding carboxylic acids is 2. The van der Waals surface area contributed by atoms with Gasteiger partial charge in [-0.05, 0) is 54.4 Å². The average molecular weight is 536 g/mol. The van der Waals surface area contributed by atoms with Gasteiger partial charge in [-0.1, -0.05) is 44.2 Å². The number of carboxylic acid groups (broad SMARTS) is 1. The first kappa shape index (κ1) is 28.0. The number of carbonyl (C=O) groups is 3. The van der Waals surface area contributed by atoms with Crippen LogP contribution in [0.25, 0.3) is 22.2 Å². The van der Waals surface area contributed by atoms with Crippen molar-refractivity contribution in [3.05, 3.63) is 95.3 Å². The van der Waals surface area contributed by atoms with E-state index in [0.29, 0.717) is 39.7 Å². The Hall–Kier alpha value is -5.07. The number of hydrogen-bond donors (Lipinski definition) is 3. The Balaban J connectivity index is 1.51. The number of rotatable bonds is 7. The summed E-state index contributed by atoms with van der Waals surface area (Å²) >= 11 is 0. The zero-order valence-corrected chi connectivity index (χ0v) is 22.4. The lowest BCUT2D eigenvalue weighted by molar-refractivity contribution is -0.143. The van der Waals surface area contributed by atoms with Crippen molar-refractivity contribution in [1.82, 2.24) is 20.3 Å². The highest BCUT2D eigenvalue weighted by atomic mass is 16.4. The standard InChI is InChI=1S/C31H29N5O4/c1-4-19(2)28(31(39)40)36(3)30(38)23-13-9-21(10-14-23)6-5-20-7-11-22(12-8-20)27-17-24(29(37)35-32)25-18-33-16-15-26(25)34-27/h7-19,28H,4,32H2,1-3H3,(H,35,37)(H,39,40). The van der Waals surface area contributed by atoms with Crippen LogP contribution in [-0.2, 0) is 4.79 Å². The van der Waals surface area contributed by atoms with E-state index in [1.165, 1.54) is 11.9 Å². The summed E-state index contributed by atoms with van der Waals surface area (Å²) in [4.78, 5) is 46.9. The number of hydrazine groups is 1. The molecule has 40 heavy (non-hydrogen) atoms. The predicted molar refractivity (Wildman–Crippen MR) is 152 cm³/mol. The van der Waals surface area contributed by atoms with E-state index in [1.54, 1.807) is 48.8 Å².